The molecule has 1 amide bonds. The third-order valence-electron chi connectivity index (χ3n) is 4.55. The highest BCUT2D eigenvalue weighted by molar-refractivity contribution is 5.79. The number of aromatic nitrogens is 1. The Bertz CT molecular complexity index is 756. The summed E-state index contributed by atoms with van der Waals surface area (Å²) in [6, 6.07) is 10.4. The van der Waals surface area contributed by atoms with Crippen molar-refractivity contribution in [3.63, 3.8) is 0 Å². The Morgan fingerprint density at radius 1 is 1.24 bits per heavy atom. The zero-order valence-corrected chi connectivity index (χ0v) is 13.9. The summed E-state index contributed by atoms with van der Waals surface area (Å²) in [5.74, 6) is 0.148. The molecule has 0 spiro atoms. The second-order valence-electron chi connectivity index (χ2n) is 6.42. The number of carbonyl (C=O) groups is 1. The van der Waals surface area contributed by atoms with Crippen molar-refractivity contribution in [3.8, 4) is 0 Å². The van der Waals surface area contributed by atoms with Gasteiger partial charge in [0.05, 0.1) is 6.42 Å². The smallest absolute Gasteiger partial charge is 0.341 e. The molecule has 132 valence electrons. The highest BCUT2D eigenvalue weighted by atomic mass is 19.4. The second-order valence-corrected chi connectivity index (χ2v) is 6.42. The Morgan fingerprint density at radius 2 is 2.00 bits per heavy atom. The van der Waals surface area contributed by atoms with Gasteiger partial charge < -0.3 is 4.90 Å². The molecule has 3 nitrogen and oxygen atoms in total. The first kappa shape index (κ1) is 17.5. The molecule has 3 rings (SSSR count). The van der Waals surface area contributed by atoms with Gasteiger partial charge in [0.1, 0.15) is 5.69 Å². The van der Waals surface area contributed by atoms with Crippen LogP contribution in [-0.2, 0) is 23.8 Å². The van der Waals surface area contributed by atoms with Crippen molar-refractivity contribution < 1.29 is 18.0 Å². The van der Waals surface area contributed by atoms with E-state index in [9.17, 15) is 18.0 Å². The van der Waals surface area contributed by atoms with E-state index in [1.807, 2.05) is 12.1 Å². The molecule has 0 radical (unpaired) electrons. The molecule has 6 heteroatoms. The Labute approximate surface area is 144 Å². The number of carbonyl (C=O) groups excluding carboxylic acids is 1. The number of halogens is 3. The molecular weight excluding hydrogens is 329 g/mol. The Morgan fingerprint density at radius 3 is 2.68 bits per heavy atom. The molecule has 25 heavy (non-hydrogen) atoms. The molecular formula is C19H19F3N2O. The lowest BCUT2D eigenvalue weighted by atomic mass is 9.95. The molecule has 1 atom stereocenters. The van der Waals surface area contributed by atoms with E-state index in [2.05, 4.69) is 24.0 Å². The fourth-order valence-corrected chi connectivity index (χ4v) is 3.23. The van der Waals surface area contributed by atoms with Crippen molar-refractivity contribution in [2.45, 2.75) is 31.9 Å². The molecule has 1 unspecified atom stereocenters. The summed E-state index contributed by atoms with van der Waals surface area (Å²) < 4.78 is 37.7. The highest BCUT2D eigenvalue weighted by Crippen LogP contribution is 2.28. The van der Waals surface area contributed by atoms with Gasteiger partial charge in [-0.1, -0.05) is 37.3 Å². The largest absolute Gasteiger partial charge is 0.433 e. The van der Waals surface area contributed by atoms with Gasteiger partial charge in [0.15, 0.2) is 0 Å². The molecule has 1 aliphatic rings. The molecule has 2 aromatic rings. The summed E-state index contributed by atoms with van der Waals surface area (Å²) in [7, 11) is 0. The second kappa shape index (κ2) is 6.86. The average molecular weight is 348 g/mol. The van der Waals surface area contributed by atoms with Crippen LogP contribution in [0.5, 0.6) is 0 Å². The maximum atomic E-state index is 12.6. The lowest BCUT2D eigenvalue weighted by Gasteiger charge is -2.23. The van der Waals surface area contributed by atoms with Crippen LogP contribution in [0.2, 0.25) is 0 Å². The molecule has 1 aromatic carbocycles. The van der Waals surface area contributed by atoms with Crippen LogP contribution in [0.25, 0.3) is 0 Å². The van der Waals surface area contributed by atoms with Crippen LogP contribution in [0.15, 0.2) is 42.6 Å². The number of fused-ring (bicyclic) bond motifs is 1. The van der Waals surface area contributed by atoms with Gasteiger partial charge in [-0.15, -0.1) is 0 Å². The minimum Gasteiger partial charge on any atom is -0.341 e. The number of alkyl halides is 3. The molecule has 0 bridgehead atoms. The number of benzene rings is 1. The fraction of sp³-hybridized carbons (Fsp3) is 0.368. The zero-order chi connectivity index (χ0) is 18.0. The van der Waals surface area contributed by atoms with E-state index in [0.29, 0.717) is 18.7 Å². The number of nitrogens with zero attached hydrogens (tertiary/aromatic N) is 2. The molecule has 0 saturated carbocycles. The summed E-state index contributed by atoms with van der Waals surface area (Å²) >= 11 is 0. The van der Waals surface area contributed by atoms with E-state index >= 15 is 0 Å². The summed E-state index contributed by atoms with van der Waals surface area (Å²) in [5, 5.41) is 0. The third kappa shape index (κ3) is 4.00. The van der Waals surface area contributed by atoms with Crippen LogP contribution >= 0.6 is 0 Å². The van der Waals surface area contributed by atoms with Gasteiger partial charge in [-0.05, 0) is 35.1 Å². The van der Waals surface area contributed by atoms with E-state index in [0.717, 1.165) is 18.7 Å². The van der Waals surface area contributed by atoms with Gasteiger partial charge in [-0.2, -0.15) is 13.2 Å². The number of rotatable bonds is 2. The van der Waals surface area contributed by atoms with Crippen LogP contribution in [0.3, 0.4) is 0 Å². The first-order valence-electron chi connectivity index (χ1n) is 8.22. The van der Waals surface area contributed by atoms with E-state index in [4.69, 9.17) is 0 Å². The topological polar surface area (TPSA) is 33.2 Å². The first-order valence-corrected chi connectivity index (χ1v) is 8.22. The number of hydrogen-bond acceptors (Lipinski definition) is 2. The summed E-state index contributed by atoms with van der Waals surface area (Å²) in [6.07, 6.45) is -2.48. The molecule has 2 heterocycles. The van der Waals surface area contributed by atoms with E-state index < -0.39 is 11.9 Å². The van der Waals surface area contributed by atoms with E-state index in [1.165, 1.54) is 17.2 Å². The van der Waals surface area contributed by atoms with E-state index in [-0.39, 0.29) is 18.2 Å². The predicted octanol–water partition coefficient (Wildman–Crippen LogP) is 3.83. The van der Waals surface area contributed by atoms with Crippen LogP contribution in [-0.4, -0.2) is 28.9 Å². The number of hydrogen-bond donors (Lipinski definition) is 0. The minimum atomic E-state index is -4.46. The highest BCUT2D eigenvalue weighted by Gasteiger charge is 2.32. The molecule has 0 saturated heterocycles. The van der Waals surface area contributed by atoms with Crippen LogP contribution < -0.4 is 0 Å². The van der Waals surface area contributed by atoms with Gasteiger partial charge in [-0.3, -0.25) is 9.78 Å². The van der Waals surface area contributed by atoms with Crippen LogP contribution in [0, 0.1) is 0 Å². The van der Waals surface area contributed by atoms with Crippen molar-refractivity contribution in [2.24, 2.45) is 0 Å². The SMILES string of the molecule is CC1CN(C(=O)Cc2ccc(C(F)(F)F)nc2)CCc2ccccc21. The Hall–Kier alpha value is -2.37. The third-order valence-corrected chi connectivity index (χ3v) is 4.55. The first-order chi connectivity index (χ1) is 11.8. The Kier molecular flexibility index (Phi) is 4.79. The number of pyridine rings is 1. The molecule has 0 aliphatic carbocycles. The van der Waals surface area contributed by atoms with Crippen LogP contribution in [0.1, 0.15) is 35.2 Å². The summed E-state index contributed by atoms with van der Waals surface area (Å²) in [4.78, 5) is 17.8. The zero-order valence-electron chi connectivity index (χ0n) is 13.9. The van der Waals surface area contributed by atoms with Crippen molar-refractivity contribution in [1.82, 2.24) is 9.88 Å². The monoisotopic (exact) mass is 348 g/mol. The summed E-state index contributed by atoms with van der Waals surface area (Å²) in [5.41, 5.74) is 2.06. The Balaban J connectivity index is 1.68. The van der Waals surface area contributed by atoms with Crippen LogP contribution in [0.4, 0.5) is 13.2 Å². The quantitative estimate of drug-likeness (QED) is 0.826. The van der Waals surface area contributed by atoms with Gasteiger partial charge in [0.25, 0.3) is 0 Å². The van der Waals surface area contributed by atoms with Gasteiger partial charge in [0, 0.05) is 19.3 Å². The summed E-state index contributed by atoms with van der Waals surface area (Å²) in [6.45, 7) is 3.32. The maximum absolute atomic E-state index is 12.6. The average Bonchev–Trinajstić information content (AvgIpc) is 2.74. The normalized spacial score (nSPS) is 17.8. The molecule has 0 N–H and O–H groups in total. The van der Waals surface area contributed by atoms with Crippen molar-refractivity contribution in [1.29, 1.82) is 0 Å². The number of amides is 1. The van der Waals surface area contributed by atoms with E-state index in [1.54, 1.807) is 4.90 Å². The fourth-order valence-electron chi connectivity index (χ4n) is 3.23. The van der Waals surface area contributed by atoms with Gasteiger partial charge >= 0.3 is 6.18 Å². The standard InChI is InChI=1S/C19H19F3N2O/c1-13-12-24(9-8-15-4-2-3-5-16(13)15)18(25)10-14-6-7-17(23-11-14)19(20,21)22/h2-7,11,13H,8-10,12H2,1H3. The van der Waals surface area contributed by atoms with Crippen molar-refractivity contribution in [3.05, 3.63) is 65.0 Å². The van der Waals surface area contributed by atoms with Crippen molar-refractivity contribution in [2.75, 3.05) is 13.1 Å². The lowest BCUT2D eigenvalue weighted by molar-refractivity contribution is -0.141. The lowest BCUT2D eigenvalue weighted by Crippen LogP contribution is -2.35. The molecule has 1 aliphatic heterocycles. The van der Waals surface area contributed by atoms with Crippen molar-refractivity contribution >= 4 is 5.91 Å². The minimum absolute atomic E-state index is 0.0637. The maximum Gasteiger partial charge on any atom is 0.433 e. The molecule has 1 aromatic heterocycles. The van der Waals surface area contributed by atoms with Gasteiger partial charge in [-0.25, -0.2) is 0 Å². The predicted molar refractivity (Wildman–Crippen MR) is 88.1 cm³/mol. The molecule has 0 fully saturated rings. The van der Waals surface area contributed by atoms with Gasteiger partial charge in [0.2, 0.25) is 5.91 Å².